The van der Waals surface area contributed by atoms with Crippen molar-refractivity contribution in [3.05, 3.63) is 20.3 Å². The first-order valence-corrected chi connectivity index (χ1v) is 9.43. The average Bonchev–Trinajstić information content (AvgIpc) is 2.85. The highest BCUT2D eigenvalue weighted by Gasteiger charge is 2.42. The van der Waals surface area contributed by atoms with Gasteiger partial charge in [0.25, 0.3) is 0 Å². The minimum atomic E-state index is -1.26. The van der Waals surface area contributed by atoms with Crippen LogP contribution in [0.4, 0.5) is 10.6 Å². The molecule has 3 N–H and O–H groups in total. The van der Waals surface area contributed by atoms with Crippen LogP contribution in [0.1, 0.15) is 33.4 Å². The molecule has 1 amide bonds. The highest BCUT2D eigenvalue weighted by Crippen LogP contribution is 2.28. The maximum Gasteiger partial charge on any atom is 0.412 e. The monoisotopic (exact) mass is 497 g/mol. The van der Waals surface area contributed by atoms with Gasteiger partial charge in [0, 0.05) is 19.7 Å². The summed E-state index contributed by atoms with van der Waals surface area (Å²) in [5, 5.41) is 22.2. The van der Waals surface area contributed by atoms with Gasteiger partial charge < -0.3 is 24.4 Å². The third kappa shape index (κ3) is 5.38. The van der Waals surface area contributed by atoms with Crippen molar-refractivity contribution in [3.8, 4) is 0 Å². The van der Waals surface area contributed by atoms with Gasteiger partial charge in [0.2, 0.25) is 0 Å². The lowest BCUT2D eigenvalue weighted by Crippen LogP contribution is -2.36. The Balaban J connectivity index is 2.05. The molecule has 1 aliphatic rings. The number of carbonyl (C=O) groups excluding carboxylic acids is 1. The van der Waals surface area contributed by atoms with Crippen LogP contribution in [0.2, 0.25) is 0 Å². The number of aliphatic hydroxyl groups excluding tert-OH is 2. The maximum absolute atomic E-state index is 12.3. The summed E-state index contributed by atoms with van der Waals surface area (Å²) in [6, 6.07) is 0. The van der Waals surface area contributed by atoms with E-state index in [0.717, 1.165) is 4.57 Å². The van der Waals surface area contributed by atoms with Gasteiger partial charge >= 0.3 is 11.8 Å². The Bertz CT molecular complexity index is 739. The number of methoxy groups -OCH3 is 1. The van der Waals surface area contributed by atoms with Crippen LogP contribution in [0.15, 0.2) is 11.0 Å². The highest BCUT2D eigenvalue weighted by molar-refractivity contribution is 14.1. The van der Waals surface area contributed by atoms with Crippen molar-refractivity contribution >= 4 is 34.5 Å². The van der Waals surface area contributed by atoms with Gasteiger partial charge in [-0.3, -0.25) is 9.88 Å². The molecule has 1 aromatic heterocycles. The molecule has 0 spiro atoms. The fourth-order valence-electron chi connectivity index (χ4n) is 2.40. The third-order valence-electron chi connectivity index (χ3n) is 4.37. The number of hydrogen-bond acceptors (Lipinski definition) is 8. The molecule has 10 nitrogen and oxygen atoms in total. The average molecular weight is 497 g/mol. The van der Waals surface area contributed by atoms with Crippen molar-refractivity contribution in [3.63, 3.8) is 0 Å². The molecule has 0 unspecified atom stereocenters. The van der Waals surface area contributed by atoms with Crippen molar-refractivity contribution in [2.75, 3.05) is 19.0 Å². The molecule has 4 atom stereocenters. The number of amides is 1. The molecule has 0 saturated carbocycles. The number of halogens is 1. The number of anilines is 1. The Morgan fingerprint density at radius 3 is 2.67 bits per heavy atom. The van der Waals surface area contributed by atoms with Crippen molar-refractivity contribution in [2.24, 2.45) is 0 Å². The predicted molar refractivity (Wildman–Crippen MR) is 103 cm³/mol. The van der Waals surface area contributed by atoms with Gasteiger partial charge in [0.1, 0.15) is 12.2 Å². The quantitative estimate of drug-likeness (QED) is 0.493. The summed E-state index contributed by atoms with van der Waals surface area (Å²) in [5.41, 5.74) is -1.16. The predicted octanol–water partition coefficient (Wildman–Crippen LogP) is 0.851. The highest BCUT2D eigenvalue weighted by atomic mass is 127. The molecule has 1 aliphatic heterocycles. The van der Waals surface area contributed by atoms with Crippen LogP contribution in [0.3, 0.4) is 0 Å². The van der Waals surface area contributed by atoms with Gasteiger partial charge in [-0.05, 0) is 43.4 Å². The number of ether oxygens (including phenoxy) is 3. The van der Waals surface area contributed by atoms with Crippen LogP contribution in [0.5, 0.6) is 0 Å². The lowest BCUT2D eigenvalue weighted by Gasteiger charge is -2.22. The smallest absolute Gasteiger partial charge is 0.412 e. The third-order valence-corrected chi connectivity index (χ3v) is 5.16. The van der Waals surface area contributed by atoms with E-state index in [0.29, 0.717) is 9.99 Å². The molecular formula is C16H24IN3O7. The molecule has 0 radical (unpaired) electrons. The zero-order valence-corrected chi connectivity index (χ0v) is 17.7. The van der Waals surface area contributed by atoms with E-state index in [9.17, 15) is 19.8 Å². The van der Waals surface area contributed by atoms with E-state index in [1.165, 1.54) is 6.20 Å². The Hall–Kier alpha value is -1.28. The molecule has 0 aliphatic carbocycles. The first kappa shape index (κ1) is 22.0. The Labute approximate surface area is 170 Å². The number of hydrogen-bond donors (Lipinski definition) is 3. The Morgan fingerprint density at radius 2 is 2.11 bits per heavy atom. The zero-order chi connectivity index (χ0) is 20.4. The minimum absolute atomic E-state index is 0.0361. The van der Waals surface area contributed by atoms with Crippen LogP contribution in [-0.2, 0) is 14.2 Å². The first-order valence-electron chi connectivity index (χ1n) is 8.35. The zero-order valence-electron chi connectivity index (χ0n) is 15.5. The van der Waals surface area contributed by atoms with Gasteiger partial charge in [-0.15, -0.1) is 0 Å². The first-order chi connectivity index (χ1) is 12.6. The Kier molecular flexibility index (Phi) is 7.19. The Morgan fingerprint density at radius 1 is 1.44 bits per heavy atom. The van der Waals surface area contributed by atoms with Gasteiger partial charge in [-0.1, -0.05) is 0 Å². The summed E-state index contributed by atoms with van der Waals surface area (Å²) in [7, 11) is 1.58. The summed E-state index contributed by atoms with van der Waals surface area (Å²) < 4.78 is 17.2. The fourth-order valence-corrected chi connectivity index (χ4v) is 2.95. The molecule has 2 rings (SSSR count). The second kappa shape index (κ2) is 8.82. The largest absolute Gasteiger partial charge is 0.449 e. The van der Waals surface area contributed by atoms with Crippen molar-refractivity contribution in [2.45, 2.75) is 57.3 Å². The van der Waals surface area contributed by atoms with E-state index in [-0.39, 0.29) is 12.4 Å². The number of nitrogens with zero attached hydrogens (tertiary/aromatic N) is 2. The van der Waals surface area contributed by atoms with Crippen LogP contribution in [-0.4, -0.2) is 63.5 Å². The summed E-state index contributed by atoms with van der Waals surface area (Å²) in [6.45, 7) is 5.47. The van der Waals surface area contributed by atoms with E-state index >= 15 is 0 Å². The molecule has 1 fully saturated rings. The second-order valence-corrected chi connectivity index (χ2v) is 7.98. The lowest BCUT2D eigenvalue weighted by molar-refractivity contribution is -0.0351. The topological polar surface area (TPSA) is 132 Å². The summed E-state index contributed by atoms with van der Waals surface area (Å²) in [5.74, 6) is 0.0361. The van der Waals surface area contributed by atoms with E-state index in [2.05, 4.69) is 10.3 Å². The normalized spacial score (nSPS) is 25.4. The van der Waals surface area contributed by atoms with Crippen LogP contribution >= 0.6 is 22.6 Å². The maximum atomic E-state index is 12.3. The molecule has 1 saturated heterocycles. The van der Waals surface area contributed by atoms with E-state index in [1.54, 1.807) is 14.0 Å². The molecule has 0 bridgehead atoms. The lowest BCUT2D eigenvalue weighted by atomic mass is 10.1. The summed E-state index contributed by atoms with van der Waals surface area (Å²) >= 11 is 1.88. The second-order valence-electron chi connectivity index (χ2n) is 6.81. The van der Waals surface area contributed by atoms with Crippen molar-refractivity contribution in [1.29, 1.82) is 0 Å². The SMILES string of the molecule is COC(C)(C)CCOC(=O)Nc1nc(=O)n([C@@H]2O[C@H](C)[C@@H](O)[C@H]2O)cc1I. The molecule has 1 aromatic rings. The van der Waals surface area contributed by atoms with Crippen LogP contribution < -0.4 is 11.0 Å². The number of rotatable bonds is 6. The number of carbonyl (C=O) groups is 1. The molecular weight excluding hydrogens is 473 g/mol. The molecule has 0 aromatic carbocycles. The number of aliphatic hydroxyl groups is 2. The van der Waals surface area contributed by atoms with Gasteiger partial charge in [-0.25, -0.2) is 9.59 Å². The number of nitrogens with one attached hydrogen (secondary N) is 1. The minimum Gasteiger partial charge on any atom is -0.449 e. The molecule has 11 heteroatoms. The van der Waals surface area contributed by atoms with Crippen molar-refractivity contribution < 1.29 is 29.2 Å². The van der Waals surface area contributed by atoms with Gasteiger partial charge in [-0.2, -0.15) is 4.98 Å². The fraction of sp³-hybridized carbons (Fsp3) is 0.688. The van der Waals surface area contributed by atoms with Gasteiger partial charge in [0.15, 0.2) is 12.0 Å². The van der Waals surface area contributed by atoms with Crippen LogP contribution in [0, 0.1) is 3.57 Å². The van der Waals surface area contributed by atoms with E-state index in [1.807, 2.05) is 36.4 Å². The van der Waals surface area contributed by atoms with E-state index < -0.39 is 41.9 Å². The summed E-state index contributed by atoms with van der Waals surface area (Å²) in [4.78, 5) is 28.0. The standard InChI is InChI=1S/C16H24IN3O7/c1-8-10(21)11(22)13(27-8)20-7-9(17)12(18-14(20)23)19-15(24)26-6-5-16(2,3)25-4/h7-8,10-11,13,21-22H,5-6H2,1-4H3,(H,18,19,23,24)/t8-,10-,11-,13-/m1/s1. The molecule has 2 heterocycles. The summed E-state index contributed by atoms with van der Waals surface area (Å²) in [6.07, 6.45) is -2.91. The van der Waals surface area contributed by atoms with E-state index in [4.69, 9.17) is 14.2 Å². The van der Waals surface area contributed by atoms with Crippen LogP contribution in [0.25, 0.3) is 0 Å². The molecule has 152 valence electrons. The number of aromatic nitrogens is 2. The van der Waals surface area contributed by atoms with Crippen molar-refractivity contribution in [1.82, 2.24) is 9.55 Å². The van der Waals surface area contributed by atoms with Gasteiger partial charge in [0.05, 0.1) is 21.9 Å². The molecule has 27 heavy (non-hydrogen) atoms.